The zero-order valence-corrected chi connectivity index (χ0v) is 21.2. The summed E-state index contributed by atoms with van der Waals surface area (Å²) >= 11 is 0. The van der Waals surface area contributed by atoms with Crippen LogP contribution in [0.25, 0.3) is 81.4 Å². The highest BCUT2D eigenvalue weighted by Crippen LogP contribution is 2.44. The number of para-hydroxylation sites is 2. The van der Waals surface area contributed by atoms with Crippen LogP contribution in [0.1, 0.15) is 0 Å². The summed E-state index contributed by atoms with van der Waals surface area (Å²) in [6.07, 6.45) is 0. The van der Waals surface area contributed by atoms with E-state index in [1.165, 1.54) is 81.4 Å². The Bertz CT molecular complexity index is 2390. The van der Waals surface area contributed by atoms with Crippen LogP contribution < -0.4 is 0 Å². The van der Waals surface area contributed by atoms with E-state index in [9.17, 15) is 0 Å². The number of nitrogens with zero attached hydrogens (tertiary/aromatic N) is 1. The molecule has 9 rings (SSSR count). The second-order valence-corrected chi connectivity index (χ2v) is 10.5. The Kier molecular flexibility index (Phi) is 4.11. The second kappa shape index (κ2) is 7.69. The lowest BCUT2D eigenvalue weighted by Gasteiger charge is -2.17. The third-order valence-electron chi connectivity index (χ3n) is 8.53. The van der Waals surface area contributed by atoms with E-state index in [1.54, 1.807) is 0 Å². The molecular formula is C38H23N. The summed E-state index contributed by atoms with van der Waals surface area (Å²) in [4.78, 5) is 0. The van der Waals surface area contributed by atoms with Crippen molar-refractivity contribution in [2.75, 3.05) is 0 Å². The molecule has 0 amide bonds. The van der Waals surface area contributed by atoms with Crippen molar-refractivity contribution in [2.45, 2.75) is 0 Å². The van der Waals surface area contributed by atoms with E-state index >= 15 is 0 Å². The molecule has 0 unspecified atom stereocenters. The standard InChI is InChI=1S/C38H23N/c1-4-16-30-25(11-1)26-12-2-5-17-31(26)38-33-22-21-24(23-34(33)27-13-3-6-18-32(27)37(30)38)39-35-19-9-7-14-28(35)29-15-8-10-20-36(29)39/h1-23H. The van der Waals surface area contributed by atoms with Gasteiger partial charge in [-0.25, -0.2) is 0 Å². The van der Waals surface area contributed by atoms with Gasteiger partial charge in [-0.3, -0.25) is 0 Å². The van der Waals surface area contributed by atoms with Crippen LogP contribution in [0.3, 0.4) is 0 Å². The van der Waals surface area contributed by atoms with Crippen molar-refractivity contribution in [3.8, 4) is 5.69 Å². The first-order valence-corrected chi connectivity index (χ1v) is 13.5. The largest absolute Gasteiger partial charge is 0.309 e. The maximum atomic E-state index is 2.42. The van der Waals surface area contributed by atoms with Crippen molar-refractivity contribution >= 4 is 75.7 Å². The minimum absolute atomic E-state index is 1.19. The van der Waals surface area contributed by atoms with E-state index in [0.717, 1.165) is 0 Å². The molecule has 180 valence electrons. The molecule has 0 spiro atoms. The molecule has 0 aliphatic rings. The van der Waals surface area contributed by atoms with Gasteiger partial charge < -0.3 is 4.57 Å². The first-order valence-electron chi connectivity index (χ1n) is 13.5. The minimum atomic E-state index is 1.19. The smallest absolute Gasteiger partial charge is 0.0541 e. The Morgan fingerprint density at radius 3 is 1.13 bits per heavy atom. The first kappa shape index (κ1) is 20.9. The fourth-order valence-corrected chi connectivity index (χ4v) is 6.95. The minimum Gasteiger partial charge on any atom is -0.309 e. The Morgan fingerprint density at radius 2 is 0.641 bits per heavy atom. The average molecular weight is 494 g/mol. The molecule has 0 radical (unpaired) electrons. The van der Waals surface area contributed by atoms with Gasteiger partial charge in [0.15, 0.2) is 0 Å². The molecule has 0 bridgehead atoms. The summed E-state index contributed by atoms with van der Waals surface area (Å²) in [5, 5.41) is 15.7. The Labute approximate surface area is 225 Å². The molecule has 0 saturated heterocycles. The lowest BCUT2D eigenvalue weighted by atomic mass is 9.87. The summed E-state index contributed by atoms with van der Waals surface area (Å²) in [5.74, 6) is 0. The van der Waals surface area contributed by atoms with Crippen molar-refractivity contribution in [3.05, 3.63) is 140 Å². The molecule has 39 heavy (non-hydrogen) atoms. The molecule has 0 atom stereocenters. The Hall–Kier alpha value is -5.14. The molecule has 0 fully saturated rings. The van der Waals surface area contributed by atoms with Crippen molar-refractivity contribution < 1.29 is 0 Å². The fraction of sp³-hybridized carbons (Fsp3) is 0. The van der Waals surface area contributed by atoms with E-state index < -0.39 is 0 Å². The monoisotopic (exact) mass is 493 g/mol. The van der Waals surface area contributed by atoms with Gasteiger partial charge in [-0.1, -0.05) is 115 Å². The third-order valence-corrected chi connectivity index (χ3v) is 8.53. The molecule has 0 saturated carbocycles. The number of benzene rings is 8. The zero-order valence-electron chi connectivity index (χ0n) is 21.2. The van der Waals surface area contributed by atoms with E-state index in [-0.39, 0.29) is 0 Å². The molecule has 1 aromatic heterocycles. The highest BCUT2D eigenvalue weighted by Gasteiger charge is 2.17. The van der Waals surface area contributed by atoms with Gasteiger partial charge >= 0.3 is 0 Å². The van der Waals surface area contributed by atoms with Crippen LogP contribution in [0.5, 0.6) is 0 Å². The van der Waals surface area contributed by atoms with E-state index in [4.69, 9.17) is 0 Å². The number of aromatic nitrogens is 1. The van der Waals surface area contributed by atoms with Gasteiger partial charge in [-0.05, 0) is 78.1 Å². The second-order valence-electron chi connectivity index (χ2n) is 10.5. The molecule has 0 aliphatic carbocycles. The topological polar surface area (TPSA) is 4.93 Å². The van der Waals surface area contributed by atoms with Gasteiger partial charge in [0, 0.05) is 16.5 Å². The molecule has 0 N–H and O–H groups in total. The van der Waals surface area contributed by atoms with Crippen LogP contribution >= 0.6 is 0 Å². The van der Waals surface area contributed by atoms with Crippen LogP contribution in [-0.4, -0.2) is 4.57 Å². The zero-order chi connectivity index (χ0) is 25.5. The highest BCUT2D eigenvalue weighted by atomic mass is 15.0. The van der Waals surface area contributed by atoms with Crippen LogP contribution in [0.15, 0.2) is 140 Å². The summed E-state index contributed by atoms with van der Waals surface area (Å²) in [6, 6.07) is 51.2. The van der Waals surface area contributed by atoms with Crippen molar-refractivity contribution in [3.63, 3.8) is 0 Å². The lowest BCUT2D eigenvalue weighted by Crippen LogP contribution is -1.95. The highest BCUT2D eigenvalue weighted by molar-refractivity contribution is 6.39. The number of hydrogen-bond donors (Lipinski definition) is 0. The van der Waals surface area contributed by atoms with Gasteiger partial charge in [-0.2, -0.15) is 0 Å². The van der Waals surface area contributed by atoms with Crippen LogP contribution in [-0.2, 0) is 0 Å². The van der Waals surface area contributed by atoms with Gasteiger partial charge in [0.1, 0.15) is 0 Å². The van der Waals surface area contributed by atoms with Crippen LogP contribution in [0.2, 0.25) is 0 Å². The SMILES string of the molecule is c1ccc2c(c1)c1ccccc1c1c3ccc(-n4c5ccccc5c5ccccc54)cc3c3ccccc3c21. The molecule has 9 aromatic rings. The molecule has 8 aromatic carbocycles. The summed E-state index contributed by atoms with van der Waals surface area (Å²) in [7, 11) is 0. The normalized spacial score (nSPS) is 12.1. The van der Waals surface area contributed by atoms with Crippen LogP contribution in [0, 0.1) is 0 Å². The fourth-order valence-electron chi connectivity index (χ4n) is 6.95. The van der Waals surface area contributed by atoms with Gasteiger partial charge in [0.05, 0.1) is 11.0 Å². The average Bonchev–Trinajstić information content (AvgIpc) is 3.35. The molecule has 1 heterocycles. The summed E-state index contributed by atoms with van der Waals surface area (Å²) < 4.78 is 2.42. The quantitative estimate of drug-likeness (QED) is 0.200. The lowest BCUT2D eigenvalue weighted by molar-refractivity contribution is 1.19. The maximum absolute atomic E-state index is 2.42. The molecule has 1 nitrogen and oxygen atoms in total. The Morgan fingerprint density at radius 1 is 0.282 bits per heavy atom. The predicted octanol–water partition coefficient (Wildman–Crippen LogP) is 10.5. The summed E-state index contributed by atoms with van der Waals surface area (Å²) in [5.41, 5.74) is 3.66. The van der Waals surface area contributed by atoms with Crippen molar-refractivity contribution in [1.82, 2.24) is 4.57 Å². The Balaban J connectivity index is 1.51. The number of fused-ring (bicyclic) bond motifs is 14. The van der Waals surface area contributed by atoms with E-state index in [2.05, 4.69) is 144 Å². The molecule has 0 aliphatic heterocycles. The van der Waals surface area contributed by atoms with Gasteiger partial charge in [0.2, 0.25) is 0 Å². The van der Waals surface area contributed by atoms with Crippen LogP contribution in [0.4, 0.5) is 0 Å². The molecular weight excluding hydrogens is 470 g/mol. The van der Waals surface area contributed by atoms with Crippen molar-refractivity contribution in [1.29, 1.82) is 0 Å². The van der Waals surface area contributed by atoms with E-state index in [0.29, 0.717) is 0 Å². The number of hydrogen-bond acceptors (Lipinski definition) is 0. The summed E-state index contributed by atoms with van der Waals surface area (Å²) in [6.45, 7) is 0. The molecule has 1 heteroatoms. The third kappa shape index (κ3) is 2.74. The first-order chi connectivity index (χ1) is 19.4. The maximum Gasteiger partial charge on any atom is 0.0541 e. The van der Waals surface area contributed by atoms with Gasteiger partial charge in [0.25, 0.3) is 0 Å². The van der Waals surface area contributed by atoms with Crippen molar-refractivity contribution in [2.24, 2.45) is 0 Å². The van der Waals surface area contributed by atoms with Gasteiger partial charge in [-0.15, -0.1) is 0 Å². The van der Waals surface area contributed by atoms with E-state index in [1.807, 2.05) is 0 Å². The number of rotatable bonds is 1. The predicted molar refractivity (Wildman–Crippen MR) is 168 cm³/mol.